The normalized spacial score (nSPS) is 13.2. The van der Waals surface area contributed by atoms with Gasteiger partial charge in [0.1, 0.15) is 0 Å². The number of nitrogens with one attached hydrogen (secondary N) is 1. The van der Waals surface area contributed by atoms with Crippen LogP contribution in [0.4, 0.5) is 0 Å². The lowest BCUT2D eigenvalue weighted by Gasteiger charge is -2.16. The van der Waals surface area contributed by atoms with Gasteiger partial charge in [0.05, 0.1) is 0 Å². The number of hydrogen-bond donors (Lipinski definition) is 2. The maximum absolute atomic E-state index is 5.84. The van der Waals surface area contributed by atoms with Crippen molar-refractivity contribution in [1.29, 1.82) is 0 Å². The molecule has 1 aromatic carbocycles. The zero-order valence-electron chi connectivity index (χ0n) is 9.62. The van der Waals surface area contributed by atoms with Crippen molar-refractivity contribution in [2.24, 2.45) is 5.73 Å². The average molecular weight is 239 g/mol. The Morgan fingerprint density at radius 2 is 2.06 bits per heavy atom. The molecular weight excluding hydrogens is 220 g/mol. The van der Waals surface area contributed by atoms with Gasteiger partial charge in [-0.2, -0.15) is 0 Å². The second kappa shape index (κ2) is 7.44. The molecule has 1 unspecified atom stereocenters. The largest absolute Gasteiger partial charge is 0.329 e. The molecule has 1 rings (SSSR count). The molecule has 3 N–H and O–H groups in total. The van der Waals surface area contributed by atoms with Crippen molar-refractivity contribution in [1.82, 2.24) is 5.32 Å². The van der Waals surface area contributed by atoms with Crippen molar-refractivity contribution in [3.63, 3.8) is 0 Å². The van der Waals surface area contributed by atoms with Crippen molar-refractivity contribution >= 4 is 11.6 Å². The molecule has 0 saturated carbocycles. The van der Waals surface area contributed by atoms with Crippen LogP contribution in [-0.4, -0.2) is 13.1 Å². The monoisotopic (exact) mass is 238 g/mol. The van der Waals surface area contributed by atoms with Crippen LogP contribution in [0.2, 0.25) is 5.02 Å². The summed E-state index contributed by atoms with van der Waals surface area (Å²) in [6, 6.07) is 8.04. The Kier molecular flexibility index (Phi) is 6.16. The highest BCUT2D eigenvalue weighted by Crippen LogP contribution is 2.15. The Morgan fingerprint density at radius 1 is 1.38 bits per heavy atom. The first-order valence-electron chi connectivity index (χ1n) is 5.58. The molecule has 0 amide bonds. The molecule has 2 nitrogen and oxygen atoms in total. The Hall–Kier alpha value is -0.830. The van der Waals surface area contributed by atoms with Gasteiger partial charge in [-0.25, -0.2) is 0 Å². The van der Waals surface area contributed by atoms with E-state index in [-0.39, 0.29) is 6.04 Å². The van der Waals surface area contributed by atoms with E-state index in [0.29, 0.717) is 6.54 Å². The van der Waals surface area contributed by atoms with Crippen LogP contribution in [0.3, 0.4) is 0 Å². The van der Waals surface area contributed by atoms with E-state index in [0.717, 1.165) is 18.0 Å². The van der Waals surface area contributed by atoms with Gasteiger partial charge in [-0.05, 0) is 37.6 Å². The number of rotatable bonds is 6. The highest BCUT2D eigenvalue weighted by atomic mass is 35.5. The summed E-state index contributed by atoms with van der Waals surface area (Å²) in [7, 11) is 0. The summed E-state index contributed by atoms with van der Waals surface area (Å²) in [5.41, 5.74) is 6.93. The van der Waals surface area contributed by atoms with Crippen molar-refractivity contribution in [2.75, 3.05) is 13.1 Å². The predicted molar refractivity (Wildman–Crippen MR) is 70.7 cm³/mol. The van der Waals surface area contributed by atoms with Crippen LogP contribution in [0.15, 0.2) is 36.4 Å². The molecule has 0 heterocycles. The third-order valence-electron chi connectivity index (χ3n) is 2.45. The second-order valence-electron chi connectivity index (χ2n) is 3.65. The molecule has 3 heteroatoms. The zero-order chi connectivity index (χ0) is 11.8. The van der Waals surface area contributed by atoms with E-state index in [1.165, 1.54) is 5.56 Å². The highest BCUT2D eigenvalue weighted by Gasteiger charge is 2.07. The molecule has 0 aliphatic carbocycles. The van der Waals surface area contributed by atoms with Gasteiger partial charge < -0.3 is 11.1 Å². The average Bonchev–Trinajstić information content (AvgIpc) is 2.31. The molecule has 0 saturated heterocycles. The Labute approximate surface area is 102 Å². The van der Waals surface area contributed by atoms with Gasteiger partial charge >= 0.3 is 0 Å². The van der Waals surface area contributed by atoms with Gasteiger partial charge in [-0.15, -0.1) is 0 Å². The van der Waals surface area contributed by atoms with Gasteiger partial charge in [-0.3, -0.25) is 0 Å². The SMILES string of the molecule is C/C=C/CCNC(CN)c1ccc(Cl)cc1. The quantitative estimate of drug-likeness (QED) is 0.591. The first-order valence-corrected chi connectivity index (χ1v) is 5.95. The Bertz CT molecular complexity index is 319. The smallest absolute Gasteiger partial charge is 0.0444 e. The molecule has 16 heavy (non-hydrogen) atoms. The van der Waals surface area contributed by atoms with Crippen LogP contribution in [0, 0.1) is 0 Å². The van der Waals surface area contributed by atoms with E-state index in [1.807, 2.05) is 31.2 Å². The summed E-state index contributed by atoms with van der Waals surface area (Å²) in [6.07, 6.45) is 5.23. The van der Waals surface area contributed by atoms with E-state index < -0.39 is 0 Å². The summed E-state index contributed by atoms with van der Waals surface area (Å²) in [6.45, 7) is 3.56. The van der Waals surface area contributed by atoms with Crippen molar-refractivity contribution < 1.29 is 0 Å². The summed E-state index contributed by atoms with van der Waals surface area (Å²) in [4.78, 5) is 0. The molecule has 0 aromatic heterocycles. The lowest BCUT2D eigenvalue weighted by molar-refractivity contribution is 0.548. The molecule has 0 spiro atoms. The molecule has 0 radical (unpaired) electrons. The molecule has 0 aliphatic heterocycles. The molecule has 0 fully saturated rings. The third-order valence-corrected chi connectivity index (χ3v) is 2.70. The summed E-state index contributed by atoms with van der Waals surface area (Å²) in [5, 5.41) is 4.18. The standard InChI is InChI=1S/C13H19ClN2/c1-2-3-4-9-16-13(10-15)11-5-7-12(14)8-6-11/h2-3,5-8,13,16H,4,9-10,15H2,1H3/b3-2+. The third kappa shape index (κ3) is 4.35. The molecule has 1 aromatic rings. The fraction of sp³-hybridized carbons (Fsp3) is 0.385. The Morgan fingerprint density at radius 3 is 2.62 bits per heavy atom. The van der Waals surface area contributed by atoms with Gasteiger partial charge in [0.15, 0.2) is 0 Å². The van der Waals surface area contributed by atoms with Crippen LogP contribution in [-0.2, 0) is 0 Å². The molecule has 0 bridgehead atoms. The van der Waals surface area contributed by atoms with Gasteiger partial charge in [0.2, 0.25) is 0 Å². The first kappa shape index (κ1) is 13.2. The van der Waals surface area contributed by atoms with E-state index >= 15 is 0 Å². The van der Waals surface area contributed by atoms with Crippen LogP contribution in [0.5, 0.6) is 0 Å². The molecule has 1 atom stereocenters. The fourth-order valence-corrected chi connectivity index (χ4v) is 1.67. The predicted octanol–water partition coefficient (Wildman–Crippen LogP) is 2.90. The maximum atomic E-state index is 5.84. The molecule has 88 valence electrons. The van der Waals surface area contributed by atoms with E-state index in [1.54, 1.807) is 0 Å². The molecule has 0 aliphatic rings. The summed E-state index contributed by atoms with van der Waals surface area (Å²) in [5.74, 6) is 0. The number of allylic oxidation sites excluding steroid dienone is 1. The summed E-state index contributed by atoms with van der Waals surface area (Å²) >= 11 is 5.84. The van der Waals surface area contributed by atoms with Crippen molar-refractivity contribution in [2.45, 2.75) is 19.4 Å². The minimum atomic E-state index is 0.211. The summed E-state index contributed by atoms with van der Waals surface area (Å²) < 4.78 is 0. The van der Waals surface area contributed by atoms with Crippen LogP contribution in [0.1, 0.15) is 24.9 Å². The van der Waals surface area contributed by atoms with Crippen LogP contribution in [0.25, 0.3) is 0 Å². The van der Waals surface area contributed by atoms with E-state index in [9.17, 15) is 0 Å². The van der Waals surface area contributed by atoms with E-state index in [4.69, 9.17) is 17.3 Å². The van der Waals surface area contributed by atoms with Gasteiger partial charge in [-0.1, -0.05) is 35.9 Å². The van der Waals surface area contributed by atoms with Crippen LogP contribution >= 0.6 is 11.6 Å². The van der Waals surface area contributed by atoms with Crippen molar-refractivity contribution in [3.8, 4) is 0 Å². The zero-order valence-corrected chi connectivity index (χ0v) is 10.4. The number of hydrogen-bond acceptors (Lipinski definition) is 2. The van der Waals surface area contributed by atoms with Crippen molar-refractivity contribution in [3.05, 3.63) is 47.0 Å². The topological polar surface area (TPSA) is 38.0 Å². The van der Waals surface area contributed by atoms with E-state index in [2.05, 4.69) is 17.5 Å². The number of nitrogens with two attached hydrogens (primary N) is 1. The number of halogens is 1. The minimum absolute atomic E-state index is 0.211. The maximum Gasteiger partial charge on any atom is 0.0444 e. The lowest BCUT2D eigenvalue weighted by Crippen LogP contribution is -2.28. The van der Waals surface area contributed by atoms with Gasteiger partial charge in [0, 0.05) is 17.6 Å². The fourth-order valence-electron chi connectivity index (χ4n) is 1.54. The lowest BCUT2D eigenvalue weighted by atomic mass is 10.1. The number of benzene rings is 1. The van der Waals surface area contributed by atoms with Crippen LogP contribution < -0.4 is 11.1 Å². The highest BCUT2D eigenvalue weighted by molar-refractivity contribution is 6.30. The minimum Gasteiger partial charge on any atom is -0.329 e. The van der Waals surface area contributed by atoms with Gasteiger partial charge in [0.25, 0.3) is 0 Å². The Balaban J connectivity index is 2.50. The second-order valence-corrected chi connectivity index (χ2v) is 4.09. The molecular formula is C13H19ClN2. The first-order chi connectivity index (χ1) is 7.77.